The minimum atomic E-state index is -2.15. The predicted octanol–water partition coefficient (Wildman–Crippen LogP) is 0.544. The van der Waals surface area contributed by atoms with Gasteiger partial charge in [-0.2, -0.15) is 0 Å². The summed E-state index contributed by atoms with van der Waals surface area (Å²) in [6.07, 6.45) is -6.41. The summed E-state index contributed by atoms with van der Waals surface area (Å²) in [5.74, 6) is 0.111. The van der Waals surface area contributed by atoms with E-state index in [0.29, 0.717) is 11.4 Å². The van der Waals surface area contributed by atoms with Gasteiger partial charge in [0.2, 0.25) is 12.2 Å². The molecule has 1 aromatic carbocycles. The maximum atomic E-state index is 11.0. The van der Waals surface area contributed by atoms with Crippen molar-refractivity contribution in [1.29, 1.82) is 0 Å². The van der Waals surface area contributed by atoms with Crippen LogP contribution in [0.15, 0.2) is 24.3 Å². The number of benzene rings is 1. The first-order valence-corrected chi connectivity index (χ1v) is 10.1. The fourth-order valence-electron chi connectivity index (χ4n) is 2.45. The van der Waals surface area contributed by atoms with Crippen molar-refractivity contribution in [2.24, 2.45) is 0 Å². The highest BCUT2D eigenvalue weighted by Gasteiger charge is 2.44. The summed E-state index contributed by atoms with van der Waals surface area (Å²) in [6, 6.07) is 6.29. The largest absolute Gasteiger partial charge is 0.462 e. The van der Waals surface area contributed by atoms with E-state index < -0.39 is 39.1 Å². The Labute approximate surface area is 159 Å². The minimum absolute atomic E-state index is 0.00198. The van der Waals surface area contributed by atoms with E-state index in [4.69, 9.17) is 19.3 Å². The van der Waals surface area contributed by atoms with Gasteiger partial charge in [0.25, 0.3) is 0 Å². The number of aliphatic hydroxyl groups is 3. The molecule has 0 aromatic heterocycles. The Bertz CT molecular complexity index is 571. The van der Waals surface area contributed by atoms with Crippen LogP contribution in [0.4, 0.5) is 5.69 Å². The van der Waals surface area contributed by atoms with E-state index in [1.807, 2.05) is 13.8 Å². The average molecular weight is 405 g/mol. The van der Waals surface area contributed by atoms with Crippen molar-refractivity contribution in [3.63, 3.8) is 0 Å². The first kappa shape index (κ1) is 23.7. The molecule has 10 heteroatoms. The van der Waals surface area contributed by atoms with Gasteiger partial charge in [-0.15, -0.1) is 0 Å². The van der Waals surface area contributed by atoms with Crippen molar-refractivity contribution in [3.8, 4) is 5.75 Å². The maximum absolute atomic E-state index is 11.0. The average Bonchev–Trinajstić information content (AvgIpc) is 2.64. The highest BCUT2D eigenvalue weighted by atomic mass is 31.2. The van der Waals surface area contributed by atoms with Crippen LogP contribution in [-0.2, 0) is 9.53 Å². The van der Waals surface area contributed by atoms with Gasteiger partial charge in [-0.25, -0.2) is 0 Å². The Morgan fingerprint density at radius 3 is 2.22 bits per heavy atom. The van der Waals surface area contributed by atoms with Gasteiger partial charge in [-0.05, 0) is 30.7 Å². The van der Waals surface area contributed by atoms with Gasteiger partial charge in [-0.1, -0.05) is 13.8 Å². The summed E-state index contributed by atoms with van der Waals surface area (Å²) >= 11 is 0. The quantitative estimate of drug-likeness (QED) is 0.376. The number of nitrogens with one attached hydrogen (secondary N) is 1. The van der Waals surface area contributed by atoms with Crippen LogP contribution in [0.25, 0.3) is 0 Å². The smallest absolute Gasteiger partial charge is 0.229 e. The van der Waals surface area contributed by atoms with E-state index in [1.54, 1.807) is 24.3 Å². The number of carbonyl (C=O) groups excluding carboxylic acids is 1. The predicted molar refractivity (Wildman–Crippen MR) is 100 cm³/mol. The Morgan fingerprint density at radius 2 is 1.70 bits per heavy atom. The lowest BCUT2D eigenvalue weighted by molar-refractivity contribution is -0.272. The number of hydrogen-bond acceptors (Lipinski definition) is 8. The molecule has 27 heavy (non-hydrogen) atoms. The van der Waals surface area contributed by atoms with Gasteiger partial charge in [0.1, 0.15) is 24.1 Å². The van der Waals surface area contributed by atoms with Crippen LogP contribution in [0.1, 0.15) is 27.2 Å². The molecule has 1 fully saturated rings. The molecule has 0 bridgehead atoms. The summed E-state index contributed by atoms with van der Waals surface area (Å²) in [5, 5.41) is 32.5. The molecule has 154 valence electrons. The van der Waals surface area contributed by atoms with E-state index in [2.05, 4.69) is 5.32 Å². The molecule has 0 spiro atoms. The molecular formula is C17H28NO8P. The molecule has 0 radical (unpaired) electrons. The molecule has 0 saturated carbocycles. The van der Waals surface area contributed by atoms with Crippen molar-refractivity contribution < 1.29 is 39.4 Å². The van der Waals surface area contributed by atoms with Gasteiger partial charge in [0, 0.05) is 18.8 Å². The minimum Gasteiger partial charge on any atom is -0.462 e. The van der Waals surface area contributed by atoms with Crippen LogP contribution in [0.3, 0.4) is 0 Å². The third kappa shape index (κ3) is 7.31. The Morgan fingerprint density at radius 1 is 1.11 bits per heavy atom. The first-order chi connectivity index (χ1) is 12.8. The monoisotopic (exact) mass is 405 g/mol. The molecule has 0 aliphatic carbocycles. The third-order valence-corrected chi connectivity index (χ3v) is 4.37. The Hall–Kier alpha value is -1.32. The molecule has 2 rings (SSSR count). The number of carbonyl (C=O) groups is 1. The van der Waals surface area contributed by atoms with E-state index in [0.717, 1.165) is 0 Å². The number of hydrogen-bond donors (Lipinski definition) is 6. The van der Waals surface area contributed by atoms with Crippen LogP contribution in [0.2, 0.25) is 0 Å². The normalized spacial score (nSPS) is 27.5. The standard InChI is InChI=1S/C15H22NO8P.C2H6/c1-8(17)16-9-2-4-10(5-3-9)23-15-14(20)13(19)12(18)11(24-15)6-7-25(21)22;1-2/h2-5,11-15,18-22H,6-7H2,1H3,(H,16,17);1-2H3/t11?,12-,13?,14?,15+;/m1./s1. The van der Waals surface area contributed by atoms with Crippen LogP contribution in [-0.4, -0.2) is 67.9 Å². The molecule has 1 aliphatic rings. The summed E-state index contributed by atoms with van der Waals surface area (Å²) in [4.78, 5) is 29.0. The number of amides is 1. The molecular weight excluding hydrogens is 377 g/mol. The zero-order chi connectivity index (χ0) is 20.6. The second kappa shape index (κ2) is 11.5. The highest BCUT2D eigenvalue weighted by Crippen LogP contribution is 2.30. The van der Waals surface area contributed by atoms with Crippen molar-refractivity contribution in [2.75, 3.05) is 11.5 Å². The second-order valence-electron chi connectivity index (χ2n) is 5.72. The molecule has 3 unspecified atom stereocenters. The molecule has 1 heterocycles. The van der Waals surface area contributed by atoms with Crippen LogP contribution < -0.4 is 10.1 Å². The summed E-state index contributed by atoms with van der Waals surface area (Å²) in [6.45, 7) is 5.38. The zero-order valence-corrected chi connectivity index (χ0v) is 16.4. The summed E-state index contributed by atoms with van der Waals surface area (Å²) in [5.41, 5.74) is 0.567. The van der Waals surface area contributed by atoms with E-state index in [9.17, 15) is 20.1 Å². The van der Waals surface area contributed by atoms with Crippen molar-refractivity contribution in [1.82, 2.24) is 0 Å². The van der Waals surface area contributed by atoms with Crippen LogP contribution in [0.5, 0.6) is 5.75 Å². The second-order valence-corrected chi connectivity index (χ2v) is 6.91. The topological polar surface area (TPSA) is 149 Å². The lowest BCUT2D eigenvalue weighted by Gasteiger charge is -2.40. The lowest BCUT2D eigenvalue weighted by Crippen LogP contribution is -2.59. The van der Waals surface area contributed by atoms with Gasteiger partial charge in [0.05, 0.1) is 6.10 Å². The molecule has 1 aliphatic heterocycles. The SMILES string of the molecule is CC.CC(=O)Nc1ccc(O[C@H]2OC(CCP(O)O)[C@@H](O)C(O)C2O)cc1. The summed E-state index contributed by atoms with van der Waals surface area (Å²) in [7, 11) is -2.15. The zero-order valence-electron chi connectivity index (χ0n) is 15.5. The van der Waals surface area contributed by atoms with Crippen molar-refractivity contribution in [3.05, 3.63) is 24.3 Å². The Balaban J connectivity index is 0.00000176. The molecule has 9 nitrogen and oxygen atoms in total. The maximum Gasteiger partial charge on any atom is 0.229 e. The van der Waals surface area contributed by atoms with Crippen LogP contribution >= 0.6 is 8.38 Å². The number of anilines is 1. The van der Waals surface area contributed by atoms with E-state index >= 15 is 0 Å². The van der Waals surface area contributed by atoms with Gasteiger partial charge in [-0.3, -0.25) is 4.79 Å². The van der Waals surface area contributed by atoms with Crippen molar-refractivity contribution in [2.45, 2.75) is 57.9 Å². The number of aliphatic hydroxyl groups excluding tert-OH is 3. The number of ether oxygens (including phenoxy) is 2. The van der Waals surface area contributed by atoms with Gasteiger partial charge in [0.15, 0.2) is 8.38 Å². The van der Waals surface area contributed by atoms with E-state index in [-0.39, 0.29) is 18.5 Å². The molecule has 1 aromatic rings. The Kier molecular flexibility index (Phi) is 10.1. The molecule has 6 N–H and O–H groups in total. The van der Waals surface area contributed by atoms with Crippen molar-refractivity contribution >= 4 is 20.0 Å². The fraction of sp³-hybridized carbons (Fsp3) is 0.588. The van der Waals surface area contributed by atoms with Crippen LogP contribution in [0, 0.1) is 0 Å². The van der Waals surface area contributed by atoms with Gasteiger partial charge < -0.3 is 39.9 Å². The fourth-order valence-corrected chi connectivity index (χ4v) is 2.93. The molecule has 1 saturated heterocycles. The third-order valence-electron chi connectivity index (χ3n) is 3.71. The lowest BCUT2D eigenvalue weighted by atomic mass is 9.97. The molecule has 1 amide bonds. The highest BCUT2D eigenvalue weighted by molar-refractivity contribution is 7.45. The van der Waals surface area contributed by atoms with Gasteiger partial charge >= 0.3 is 0 Å². The summed E-state index contributed by atoms with van der Waals surface area (Å²) < 4.78 is 11.0. The first-order valence-electron chi connectivity index (χ1n) is 8.67. The van der Waals surface area contributed by atoms with E-state index in [1.165, 1.54) is 6.92 Å². The molecule has 5 atom stereocenters. The number of rotatable bonds is 6.